The van der Waals surface area contributed by atoms with Gasteiger partial charge in [-0.1, -0.05) is 0 Å². The summed E-state index contributed by atoms with van der Waals surface area (Å²) < 4.78 is 4.50. The Morgan fingerprint density at radius 2 is 1.93 bits per heavy atom. The second-order valence-electron chi connectivity index (χ2n) is 2.55. The van der Waals surface area contributed by atoms with Gasteiger partial charge in [0, 0.05) is 12.1 Å². The summed E-state index contributed by atoms with van der Waals surface area (Å²) in [4.78, 5) is 21.0. The maximum atomic E-state index is 11.2. The maximum absolute atomic E-state index is 11.2. The molecule has 0 aliphatic rings. The van der Waals surface area contributed by atoms with Crippen molar-refractivity contribution in [2.45, 2.75) is 0 Å². The standard InChI is InChI=1S/C9H6ClNO4/c1-6(10)15-9(12)7-2-4-8(5-3-7)11(13)14/h2-5H,1H2. The van der Waals surface area contributed by atoms with Crippen molar-refractivity contribution < 1.29 is 14.5 Å². The minimum atomic E-state index is -0.704. The predicted molar refractivity (Wildman–Crippen MR) is 53.5 cm³/mol. The molecule has 0 saturated heterocycles. The zero-order valence-electron chi connectivity index (χ0n) is 7.47. The molecule has 0 atom stereocenters. The number of halogens is 1. The number of non-ortho nitro benzene ring substituents is 1. The Balaban J connectivity index is 2.84. The highest BCUT2D eigenvalue weighted by Crippen LogP contribution is 2.14. The SMILES string of the molecule is C=C(Cl)OC(=O)c1ccc([N+](=O)[O-])cc1. The van der Waals surface area contributed by atoms with Gasteiger partial charge >= 0.3 is 5.97 Å². The van der Waals surface area contributed by atoms with Gasteiger partial charge in [-0.05, 0) is 30.3 Å². The fraction of sp³-hybridized carbons (Fsp3) is 0. The number of benzene rings is 1. The van der Waals surface area contributed by atoms with Crippen LogP contribution in [0, 0.1) is 10.1 Å². The number of hydrogen-bond acceptors (Lipinski definition) is 4. The molecule has 0 N–H and O–H groups in total. The smallest absolute Gasteiger partial charge is 0.344 e. The van der Waals surface area contributed by atoms with Crippen molar-refractivity contribution >= 4 is 23.3 Å². The van der Waals surface area contributed by atoms with Gasteiger partial charge in [-0.2, -0.15) is 0 Å². The highest BCUT2D eigenvalue weighted by Gasteiger charge is 2.10. The lowest BCUT2D eigenvalue weighted by molar-refractivity contribution is -0.384. The first-order valence-electron chi connectivity index (χ1n) is 3.82. The van der Waals surface area contributed by atoms with Crippen LogP contribution in [0.4, 0.5) is 5.69 Å². The number of nitro groups is 1. The molecule has 0 amide bonds. The second kappa shape index (κ2) is 4.56. The van der Waals surface area contributed by atoms with Gasteiger partial charge in [-0.15, -0.1) is 0 Å². The molecule has 0 heterocycles. The van der Waals surface area contributed by atoms with E-state index in [0.29, 0.717) is 0 Å². The second-order valence-corrected chi connectivity index (χ2v) is 2.97. The van der Waals surface area contributed by atoms with Gasteiger partial charge in [0.2, 0.25) is 0 Å². The van der Waals surface area contributed by atoms with E-state index in [1.54, 1.807) is 0 Å². The van der Waals surface area contributed by atoms with Crippen LogP contribution in [0.1, 0.15) is 10.4 Å². The molecule has 0 spiro atoms. The van der Waals surface area contributed by atoms with E-state index in [4.69, 9.17) is 11.6 Å². The van der Waals surface area contributed by atoms with Gasteiger partial charge in [0.05, 0.1) is 10.5 Å². The van der Waals surface area contributed by atoms with E-state index in [0.717, 1.165) is 0 Å². The first-order chi connectivity index (χ1) is 7.00. The molecule has 0 bridgehead atoms. The summed E-state index contributed by atoms with van der Waals surface area (Å²) in [7, 11) is 0. The molecule has 0 radical (unpaired) electrons. The average molecular weight is 228 g/mol. The molecule has 0 unspecified atom stereocenters. The Hall–Kier alpha value is -1.88. The van der Waals surface area contributed by atoms with Crippen LogP contribution in [-0.2, 0) is 4.74 Å². The Bertz CT molecular complexity index is 413. The fourth-order valence-electron chi connectivity index (χ4n) is 0.879. The third kappa shape index (κ3) is 3.07. The van der Waals surface area contributed by atoms with Gasteiger partial charge in [0.15, 0.2) is 5.22 Å². The fourth-order valence-corrected chi connectivity index (χ4v) is 0.949. The lowest BCUT2D eigenvalue weighted by Crippen LogP contribution is -2.02. The molecule has 1 rings (SSSR count). The molecule has 15 heavy (non-hydrogen) atoms. The van der Waals surface area contributed by atoms with Crippen molar-refractivity contribution in [1.82, 2.24) is 0 Å². The van der Waals surface area contributed by atoms with Crippen molar-refractivity contribution in [2.75, 3.05) is 0 Å². The predicted octanol–water partition coefficient (Wildman–Crippen LogP) is 2.46. The zero-order valence-corrected chi connectivity index (χ0v) is 8.23. The monoisotopic (exact) mass is 227 g/mol. The van der Waals surface area contributed by atoms with Gasteiger partial charge in [-0.3, -0.25) is 10.1 Å². The van der Waals surface area contributed by atoms with Gasteiger partial charge in [0.25, 0.3) is 5.69 Å². The van der Waals surface area contributed by atoms with E-state index >= 15 is 0 Å². The lowest BCUT2D eigenvalue weighted by Gasteiger charge is -2.00. The van der Waals surface area contributed by atoms with E-state index in [-0.39, 0.29) is 16.5 Å². The summed E-state index contributed by atoms with van der Waals surface area (Å²) in [5, 5.41) is 10.1. The first-order valence-corrected chi connectivity index (χ1v) is 4.19. The van der Waals surface area contributed by atoms with Crippen molar-refractivity contribution in [3.8, 4) is 0 Å². The van der Waals surface area contributed by atoms with Gasteiger partial charge in [-0.25, -0.2) is 4.79 Å². The number of carbonyl (C=O) groups is 1. The molecule has 0 aromatic heterocycles. The number of rotatable bonds is 3. The molecule has 78 valence electrons. The highest BCUT2D eigenvalue weighted by molar-refractivity contribution is 6.28. The number of ether oxygens (including phenoxy) is 1. The summed E-state index contributed by atoms with van der Waals surface area (Å²) in [6.07, 6.45) is 0. The highest BCUT2D eigenvalue weighted by atomic mass is 35.5. The summed E-state index contributed by atoms with van der Waals surface area (Å²) in [5.41, 5.74) is 0.0682. The number of nitro benzene ring substituents is 1. The molecule has 0 aliphatic heterocycles. The average Bonchev–Trinajstić information content (AvgIpc) is 2.17. The molecular formula is C9H6ClNO4. The van der Waals surface area contributed by atoms with Crippen LogP contribution in [-0.4, -0.2) is 10.9 Å². The van der Waals surface area contributed by atoms with Crippen molar-refractivity contribution in [3.63, 3.8) is 0 Å². The molecule has 0 aliphatic carbocycles. The van der Waals surface area contributed by atoms with Crippen LogP contribution in [0.5, 0.6) is 0 Å². The Morgan fingerprint density at radius 1 is 1.40 bits per heavy atom. The largest absolute Gasteiger partial charge is 0.411 e. The molecular weight excluding hydrogens is 222 g/mol. The molecule has 0 fully saturated rings. The zero-order chi connectivity index (χ0) is 11.4. The minimum Gasteiger partial charge on any atom is -0.411 e. The number of nitrogens with zero attached hydrogens (tertiary/aromatic N) is 1. The quantitative estimate of drug-likeness (QED) is 0.344. The number of carbonyl (C=O) groups excluding carboxylic acids is 1. The van der Waals surface area contributed by atoms with E-state index in [1.165, 1.54) is 24.3 Å². The Labute approximate surface area is 90.1 Å². The molecule has 6 heteroatoms. The molecule has 0 saturated carbocycles. The summed E-state index contributed by atoms with van der Waals surface area (Å²) in [6, 6.07) is 4.96. The van der Waals surface area contributed by atoms with E-state index in [1.807, 2.05) is 0 Å². The van der Waals surface area contributed by atoms with Crippen LogP contribution in [0.3, 0.4) is 0 Å². The number of esters is 1. The Kier molecular flexibility index (Phi) is 3.41. The Morgan fingerprint density at radius 3 is 2.33 bits per heavy atom. The van der Waals surface area contributed by atoms with Crippen molar-refractivity contribution in [2.24, 2.45) is 0 Å². The van der Waals surface area contributed by atoms with E-state index < -0.39 is 10.9 Å². The van der Waals surface area contributed by atoms with Crippen LogP contribution in [0.2, 0.25) is 0 Å². The van der Waals surface area contributed by atoms with E-state index in [2.05, 4.69) is 11.3 Å². The third-order valence-corrected chi connectivity index (χ3v) is 1.59. The summed E-state index contributed by atoms with van der Waals surface area (Å²) in [6.45, 7) is 3.18. The molecule has 1 aromatic rings. The first kappa shape index (κ1) is 11.2. The van der Waals surface area contributed by atoms with Gasteiger partial charge in [0.1, 0.15) is 0 Å². The molecule has 1 aromatic carbocycles. The minimum absolute atomic E-state index is 0.101. The lowest BCUT2D eigenvalue weighted by atomic mass is 10.2. The third-order valence-electron chi connectivity index (χ3n) is 1.52. The van der Waals surface area contributed by atoms with Crippen molar-refractivity contribution in [1.29, 1.82) is 0 Å². The summed E-state index contributed by atoms with van der Waals surface area (Å²) >= 11 is 5.26. The topological polar surface area (TPSA) is 69.4 Å². The molecule has 5 nitrogen and oxygen atoms in total. The maximum Gasteiger partial charge on any atom is 0.344 e. The van der Waals surface area contributed by atoms with Gasteiger partial charge < -0.3 is 4.74 Å². The normalized spacial score (nSPS) is 9.40. The van der Waals surface area contributed by atoms with Crippen LogP contribution in [0.15, 0.2) is 36.1 Å². The van der Waals surface area contributed by atoms with Crippen LogP contribution in [0.25, 0.3) is 0 Å². The van der Waals surface area contributed by atoms with Crippen molar-refractivity contribution in [3.05, 3.63) is 51.7 Å². The van der Waals surface area contributed by atoms with E-state index in [9.17, 15) is 14.9 Å². The van der Waals surface area contributed by atoms with Crippen LogP contribution >= 0.6 is 11.6 Å². The summed E-state index contributed by atoms with van der Waals surface area (Å²) in [5.74, 6) is -0.704. The number of hydrogen-bond donors (Lipinski definition) is 0. The van der Waals surface area contributed by atoms with Crippen LogP contribution < -0.4 is 0 Å².